The van der Waals surface area contributed by atoms with E-state index in [2.05, 4.69) is 0 Å². The first-order chi connectivity index (χ1) is 8.58. The number of para-hydroxylation sites is 1. The summed E-state index contributed by atoms with van der Waals surface area (Å²) in [6, 6.07) is 13.3. The molecule has 0 heterocycles. The van der Waals surface area contributed by atoms with Gasteiger partial charge in [-0.25, -0.2) is 0 Å². The summed E-state index contributed by atoms with van der Waals surface area (Å²) >= 11 is 5.98. The molecule has 0 spiro atoms. The van der Waals surface area contributed by atoms with Crippen LogP contribution < -0.4 is 10.5 Å². The number of aryl methyl sites for hydroxylation is 1. The molecule has 0 aliphatic carbocycles. The van der Waals surface area contributed by atoms with Gasteiger partial charge in [-0.1, -0.05) is 35.9 Å². The van der Waals surface area contributed by atoms with Crippen LogP contribution in [0.5, 0.6) is 11.5 Å². The second-order valence-electron chi connectivity index (χ2n) is 4.34. The van der Waals surface area contributed by atoms with E-state index in [9.17, 15) is 0 Å². The highest BCUT2D eigenvalue weighted by Crippen LogP contribution is 2.31. The minimum Gasteiger partial charge on any atom is -0.457 e. The van der Waals surface area contributed by atoms with Gasteiger partial charge >= 0.3 is 0 Å². The lowest BCUT2D eigenvalue weighted by Crippen LogP contribution is -2.06. The third kappa shape index (κ3) is 2.84. The fourth-order valence-electron chi connectivity index (χ4n) is 1.75. The van der Waals surface area contributed by atoms with Crippen LogP contribution in [-0.4, -0.2) is 0 Å². The molecule has 3 heteroatoms. The van der Waals surface area contributed by atoms with Crippen LogP contribution in [0, 0.1) is 6.92 Å². The number of ether oxygens (including phenoxy) is 1. The van der Waals surface area contributed by atoms with Crippen molar-refractivity contribution in [3.05, 3.63) is 58.6 Å². The maximum absolute atomic E-state index is 5.98. The van der Waals surface area contributed by atoms with Crippen molar-refractivity contribution in [3.63, 3.8) is 0 Å². The summed E-state index contributed by atoms with van der Waals surface area (Å²) in [7, 11) is 0. The zero-order valence-electron chi connectivity index (χ0n) is 10.5. The van der Waals surface area contributed by atoms with Crippen molar-refractivity contribution in [2.45, 2.75) is 19.9 Å². The smallest absolute Gasteiger partial charge is 0.132 e. The summed E-state index contributed by atoms with van der Waals surface area (Å²) in [5.41, 5.74) is 7.95. The molecule has 0 bridgehead atoms. The molecule has 2 N–H and O–H groups in total. The van der Waals surface area contributed by atoms with E-state index < -0.39 is 0 Å². The molecule has 0 amide bonds. The molecular weight excluding hydrogens is 246 g/mol. The Hall–Kier alpha value is -1.51. The van der Waals surface area contributed by atoms with Crippen molar-refractivity contribution in [1.29, 1.82) is 0 Å². The first-order valence-corrected chi connectivity index (χ1v) is 6.24. The summed E-state index contributed by atoms with van der Waals surface area (Å²) in [5.74, 6) is 1.54. The Bertz CT molecular complexity index is 552. The van der Waals surface area contributed by atoms with Crippen LogP contribution in [0.25, 0.3) is 0 Å². The second kappa shape index (κ2) is 5.42. The van der Waals surface area contributed by atoms with Crippen molar-refractivity contribution in [2.75, 3.05) is 0 Å². The Morgan fingerprint density at radius 3 is 2.56 bits per heavy atom. The SMILES string of the molecule is Cc1ccc(Cl)cc1Oc1ccccc1C(C)N. The average Bonchev–Trinajstić information content (AvgIpc) is 2.34. The van der Waals surface area contributed by atoms with E-state index in [0.29, 0.717) is 5.02 Å². The normalized spacial score (nSPS) is 12.2. The third-order valence-electron chi connectivity index (χ3n) is 2.78. The van der Waals surface area contributed by atoms with E-state index in [0.717, 1.165) is 22.6 Å². The molecule has 2 nitrogen and oxygen atoms in total. The van der Waals surface area contributed by atoms with Crippen LogP contribution in [0.3, 0.4) is 0 Å². The van der Waals surface area contributed by atoms with Crippen LogP contribution >= 0.6 is 11.6 Å². The lowest BCUT2D eigenvalue weighted by atomic mass is 10.1. The summed E-state index contributed by atoms with van der Waals surface area (Å²) in [5, 5.41) is 0.661. The minimum atomic E-state index is -0.0688. The standard InChI is InChI=1S/C15H16ClNO/c1-10-7-8-12(16)9-15(10)18-14-6-4-3-5-13(14)11(2)17/h3-9,11H,17H2,1-2H3. The molecule has 18 heavy (non-hydrogen) atoms. The van der Waals surface area contributed by atoms with Gasteiger partial charge in [0.05, 0.1) is 0 Å². The minimum absolute atomic E-state index is 0.0688. The highest BCUT2D eigenvalue weighted by molar-refractivity contribution is 6.30. The van der Waals surface area contributed by atoms with E-state index in [1.807, 2.05) is 56.3 Å². The number of hydrogen-bond donors (Lipinski definition) is 1. The number of hydrogen-bond acceptors (Lipinski definition) is 2. The predicted octanol–water partition coefficient (Wildman–Crippen LogP) is 4.46. The van der Waals surface area contributed by atoms with E-state index in [-0.39, 0.29) is 6.04 Å². The van der Waals surface area contributed by atoms with Gasteiger partial charge in [0.15, 0.2) is 0 Å². The molecule has 94 valence electrons. The third-order valence-corrected chi connectivity index (χ3v) is 3.01. The highest BCUT2D eigenvalue weighted by Gasteiger charge is 2.09. The first kappa shape index (κ1) is 12.9. The Kier molecular flexibility index (Phi) is 3.90. The molecule has 2 aromatic carbocycles. The van der Waals surface area contributed by atoms with E-state index in [1.54, 1.807) is 0 Å². The monoisotopic (exact) mass is 261 g/mol. The zero-order chi connectivity index (χ0) is 13.1. The van der Waals surface area contributed by atoms with Gasteiger partial charge in [0, 0.05) is 16.6 Å². The maximum Gasteiger partial charge on any atom is 0.132 e. The van der Waals surface area contributed by atoms with Crippen LogP contribution in [-0.2, 0) is 0 Å². The highest BCUT2D eigenvalue weighted by atomic mass is 35.5. The summed E-state index contributed by atoms with van der Waals surface area (Å²) in [6.07, 6.45) is 0. The lowest BCUT2D eigenvalue weighted by molar-refractivity contribution is 0.468. The van der Waals surface area contributed by atoms with Crippen molar-refractivity contribution in [3.8, 4) is 11.5 Å². The lowest BCUT2D eigenvalue weighted by Gasteiger charge is -2.15. The van der Waals surface area contributed by atoms with Gasteiger partial charge in [0.25, 0.3) is 0 Å². The Morgan fingerprint density at radius 2 is 1.83 bits per heavy atom. The largest absolute Gasteiger partial charge is 0.457 e. The van der Waals surface area contributed by atoms with Gasteiger partial charge in [-0.3, -0.25) is 0 Å². The fourth-order valence-corrected chi connectivity index (χ4v) is 1.91. The first-order valence-electron chi connectivity index (χ1n) is 5.86. The molecule has 0 saturated carbocycles. The van der Waals surface area contributed by atoms with Crippen LogP contribution in [0.2, 0.25) is 5.02 Å². The van der Waals surface area contributed by atoms with Gasteiger partial charge in [-0.2, -0.15) is 0 Å². The molecule has 1 unspecified atom stereocenters. The summed E-state index contributed by atoms with van der Waals surface area (Å²) < 4.78 is 5.92. The van der Waals surface area contributed by atoms with E-state index >= 15 is 0 Å². The van der Waals surface area contributed by atoms with Gasteiger partial charge < -0.3 is 10.5 Å². The molecule has 0 aliphatic heterocycles. The van der Waals surface area contributed by atoms with Gasteiger partial charge in [-0.15, -0.1) is 0 Å². The van der Waals surface area contributed by atoms with Crippen molar-refractivity contribution >= 4 is 11.6 Å². The Morgan fingerprint density at radius 1 is 1.11 bits per heavy atom. The quantitative estimate of drug-likeness (QED) is 0.885. The molecule has 0 saturated heterocycles. The molecule has 0 radical (unpaired) electrons. The number of halogens is 1. The molecule has 0 aliphatic rings. The number of benzene rings is 2. The predicted molar refractivity (Wildman–Crippen MR) is 75.3 cm³/mol. The fraction of sp³-hybridized carbons (Fsp3) is 0.200. The second-order valence-corrected chi connectivity index (χ2v) is 4.77. The van der Waals surface area contributed by atoms with E-state index in [4.69, 9.17) is 22.1 Å². The van der Waals surface area contributed by atoms with E-state index in [1.165, 1.54) is 0 Å². The topological polar surface area (TPSA) is 35.2 Å². The van der Waals surface area contributed by atoms with Gasteiger partial charge in [0.1, 0.15) is 11.5 Å². The van der Waals surface area contributed by atoms with Crippen molar-refractivity contribution in [1.82, 2.24) is 0 Å². The van der Waals surface area contributed by atoms with Crippen LogP contribution in [0.4, 0.5) is 0 Å². The van der Waals surface area contributed by atoms with Gasteiger partial charge in [-0.05, 0) is 37.6 Å². The number of rotatable bonds is 3. The van der Waals surface area contributed by atoms with Crippen molar-refractivity contribution < 1.29 is 4.74 Å². The Labute approximate surface area is 112 Å². The summed E-state index contributed by atoms with van der Waals surface area (Å²) in [4.78, 5) is 0. The Balaban J connectivity index is 2.37. The zero-order valence-corrected chi connectivity index (χ0v) is 11.2. The summed E-state index contributed by atoms with van der Waals surface area (Å²) in [6.45, 7) is 3.92. The molecule has 1 atom stereocenters. The van der Waals surface area contributed by atoms with Crippen molar-refractivity contribution in [2.24, 2.45) is 5.73 Å². The van der Waals surface area contributed by atoms with Gasteiger partial charge in [0.2, 0.25) is 0 Å². The van der Waals surface area contributed by atoms with Crippen LogP contribution in [0.15, 0.2) is 42.5 Å². The maximum atomic E-state index is 5.98. The molecule has 0 aromatic heterocycles. The van der Waals surface area contributed by atoms with Crippen LogP contribution in [0.1, 0.15) is 24.1 Å². The molecular formula is C15H16ClNO. The average molecular weight is 262 g/mol. The molecule has 0 fully saturated rings. The number of nitrogens with two attached hydrogens (primary N) is 1. The molecule has 2 aromatic rings. The molecule has 2 rings (SSSR count).